The summed E-state index contributed by atoms with van der Waals surface area (Å²) in [4.78, 5) is 27.1. The Balaban J connectivity index is 2.03. The van der Waals surface area contributed by atoms with Crippen LogP contribution in [0.15, 0.2) is 36.4 Å². The summed E-state index contributed by atoms with van der Waals surface area (Å²) < 4.78 is 21.5. The number of rotatable bonds is 21. The van der Waals surface area contributed by atoms with Crippen LogP contribution in [0, 0.1) is 10.1 Å². The summed E-state index contributed by atoms with van der Waals surface area (Å²) in [5.74, 6) is -0.421. The highest BCUT2D eigenvalue weighted by Crippen LogP contribution is 2.47. The Kier molecular flexibility index (Phi) is 18.3. The summed E-state index contributed by atoms with van der Waals surface area (Å²) in [6.45, 7) is 33.0. The molecule has 6 atom stereocenters. The van der Waals surface area contributed by atoms with Crippen molar-refractivity contribution in [2.45, 2.75) is 231 Å². The molecule has 0 unspecified atom stereocenters. The van der Waals surface area contributed by atoms with Gasteiger partial charge in [0.1, 0.15) is 6.10 Å². The van der Waals surface area contributed by atoms with Gasteiger partial charge in [-0.15, -0.1) is 0 Å². The number of nitro benzene ring substituents is 1. The Labute approximate surface area is 338 Å². The smallest absolute Gasteiger partial charge is 0.338 e. The van der Waals surface area contributed by atoms with Crippen LogP contribution in [-0.4, -0.2) is 68.9 Å². The summed E-state index contributed by atoms with van der Waals surface area (Å²) in [6.07, 6.45) is 15.4. The molecular formula is C45H80N2O6Si2. The number of carbonyl (C=O) groups is 1. The predicted molar refractivity (Wildman–Crippen MR) is 234 cm³/mol. The molecule has 0 N–H and O–H groups in total. The Morgan fingerprint density at radius 1 is 0.782 bits per heavy atom. The van der Waals surface area contributed by atoms with E-state index >= 15 is 0 Å². The van der Waals surface area contributed by atoms with Crippen molar-refractivity contribution < 1.29 is 23.3 Å². The van der Waals surface area contributed by atoms with Gasteiger partial charge in [0.05, 0.1) is 22.7 Å². The lowest BCUT2D eigenvalue weighted by molar-refractivity contribution is -0.384. The van der Waals surface area contributed by atoms with Gasteiger partial charge in [-0.05, 0) is 84.4 Å². The van der Waals surface area contributed by atoms with E-state index < -0.39 is 27.5 Å². The molecule has 0 amide bonds. The second-order valence-electron chi connectivity index (χ2n) is 18.8. The maximum Gasteiger partial charge on any atom is 0.338 e. The van der Waals surface area contributed by atoms with Gasteiger partial charge in [0, 0.05) is 30.3 Å². The number of ether oxygens (including phenoxy) is 1. The highest BCUT2D eigenvalue weighted by molar-refractivity contribution is 6.78. The largest absolute Gasteiger partial charge is 0.457 e. The zero-order chi connectivity index (χ0) is 41.2. The highest BCUT2D eigenvalue weighted by atomic mass is 28.4. The molecule has 2 fully saturated rings. The van der Waals surface area contributed by atoms with E-state index in [2.05, 4.69) is 114 Å². The molecular weight excluding hydrogens is 721 g/mol. The Morgan fingerprint density at radius 2 is 1.31 bits per heavy atom. The van der Waals surface area contributed by atoms with Crippen LogP contribution < -0.4 is 0 Å². The molecule has 0 aromatic heterocycles. The number of benzene rings is 1. The summed E-state index contributed by atoms with van der Waals surface area (Å²) in [5, 5.41) is 11.3. The molecule has 3 rings (SSSR count). The van der Waals surface area contributed by atoms with E-state index in [1.807, 2.05) is 0 Å². The van der Waals surface area contributed by atoms with E-state index in [4.69, 9.17) is 13.6 Å². The molecule has 0 aliphatic carbocycles. The third kappa shape index (κ3) is 11.2. The van der Waals surface area contributed by atoms with Crippen LogP contribution in [0.5, 0.6) is 0 Å². The minimum absolute atomic E-state index is 0.0203. The quantitative estimate of drug-likeness (QED) is 0.0305. The summed E-state index contributed by atoms with van der Waals surface area (Å²) in [6, 6.07) is 6.14. The Hall–Kier alpha value is -1.86. The van der Waals surface area contributed by atoms with E-state index in [1.165, 1.54) is 56.4 Å². The zero-order valence-corrected chi connectivity index (χ0v) is 39.3. The number of unbranched alkanes of at least 4 members (excludes halogenated alkanes) is 4. The third-order valence-corrected chi connectivity index (χ3v) is 25.8. The molecule has 0 saturated carbocycles. The first kappa shape index (κ1) is 47.5. The van der Waals surface area contributed by atoms with Crippen LogP contribution in [0.2, 0.25) is 33.2 Å². The first-order valence-electron chi connectivity index (χ1n) is 22.1. The van der Waals surface area contributed by atoms with Crippen LogP contribution in [0.4, 0.5) is 5.69 Å². The van der Waals surface area contributed by atoms with Crippen molar-refractivity contribution in [1.29, 1.82) is 0 Å². The van der Waals surface area contributed by atoms with Crippen molar-refractivity contribution in [2.75, 3.05) is 0 Å². The standard InChI is InChI=1S/C45H80N2O6Si2/c1-15-16-17-18-19-20-41(52-54(31(2)3,32(4)5)33(6)7)27-25-39-26-28-42-44(51-45(48)38-21-23-40(24-22-38)47(49)50)30-29-43(37(14)46(39)42)53-55(34(8)9,35(10)11)36(12)13/h21-25,27,31-37,39,41-44H,15-20,26,28-30H2,1-14H3/b27-25+/t37-,39+,41-,42+,43+,44-/m0/s1. The molecule has 1 aromatic rings. The summed E-state index contributed by atoms with van der Waals surface area (Å²) in [7, 11) is -4.33. The molecule has 10 heteroatoms. The molecule has 2 saturated heterocycles. The van der Waals surface area contributed by atoms with Gasteiger partial charge in [-0.2, -0.15) is 0 Å². The number of hydrogen-bond donors (Lipinski definition) is 0. The monoisotopic (exact) mass is 801 g/mol. The lowest BCUT2D eigenvalue weighted by atomic mass is 10.0. The normalized spacial score (nSPS) is 23.5. The Bertz CT molecular complexity index is 1320. The average Bonchev–Trinajstić information content (AvgIpc) is 3.49. The van der Waals surface area contributed by atoms with Crippen molar-refractivity contribution in [1.82, 2.24) is 4.90 Å². The van der Waals surface area contributed by atoms with E-state index in [0.29, 0.717) is 38.8 Å². The SMILES string of the molecule is CCCCCCC[C@@H](/C=C/[C@@H]1CC[C@@H]2[C@@H](OC(=O)c3ccc([N+](=O)[O-])cc3)CC[C@@H](O[Si](C(C)C)(C(C)C)C(C)C)[C@H](C)N12)O[Si](C(C)C)(C(C)C)C(C)C. The Morgan fingerprint density at radius 3 is 1.82 bits per heavy atom. The van der Waals surface area contributed by atoms with Gasteiger partial charge in [0.2, 0.25) is 16.6 Å². The average molecular weight is 801 g/mol. The van der Waals surface area contributed by atoms with Crippen molar-refractivity contribution in [3.05, 3.63) is 52.1 Å². The first-order valence-corrected chi connectivity index (χ1v) is 26.4. The number of carbonyl (C=O) groups excluding carboxylic acids is 1. The molecule has 2 heterocycles. The lowest BCUT2D eigenvalue weighted by Crippen LogP contribution is -2.56. The van der Waals surface area contributed by atoms with E-state index in [-0.39, 0.29) is 42.1 Å². The van der Waals surface area contributed by atoms with E-state index in [1.54, 1.807) is 0 Å². The van der Waals surface area contributed by atoms with Gasteiger partial charge in [-0.3, -0.25) is 15.0 Å². The van der Waals surface area contributed by atoms with E-state index in [0.717, 1.165) is 32.1 Å². The molecule has 2 aliphatic rings. The fraction of sp³-hybridized carbons (Fsp3) is 0.800. The van der Waals surface area contributed by atoms with Crippen molar-refractivity contribution in [3.63, 3.8) is 0 Å². The number of non-ortho nitro benzene ring substituents is 1. The second kappa shape index (κ2) is 21.2. The molecule has 55 heavy (non-hydrogen) atoms. The molecule has 2 aliphatic heterocycles. The minimum Gasteiger partial charge on any atom is -0.457 e. The molecule has 8 nitrogen and oxygen atoms in total. The number of esters is 1. The van der Waals surface area contributed by atoms with Gasteiger partial charge in [-0.25, -0.2) is 4.79 Å². The van der Waals surface area contributed by atoms with E-state index in [9.17, 15) is 14.9 Å². The first-order chi connectivity index (χ1) is 25.8. The van der Waals surface area contributed by atoms with Gasteiger partial charge in [-0.1, -0.05) is 134 Å². The lowest BCUT2D eigenvalue weighted by Gasteiger charge is -2.47. The van der Waals surface area contributed by atoms with Crippen LogP contribution in [-0.2, 0) is 13.6 Å². The van der Waals surface area contributed by atoms with Crippen molar-refractivity contribution >= 4 is 28.3 Å². The minimum atomic E-state index is -2.21. The van der Waals surface area contributed by atoms with Crippen molar-refractivity contribution in [2.24, 2.45) is 0 Å². The number of nitrogens with zero attached hydrogens (tertiary/aromatic N) is 2. The molecule has 0 radical (unpaired) electrons. The maximum atomic E-state index is 13.7. The van der Waals surface area contributed by atoms with Crippen LogP contribution in [0.3, 0.4) is 0 Å². The fourth-order valence-electron chi connectivity index (χ4n) is 11.0. The second-order valence-corrected chi connectivity index (χ2v) is 29.6. The highest BCUT2D eigenvalue weighted by Gasteiger charge is 2.52. The third-order valence-electron chi connectivity index (χ3n) is 13.5. The molecule has 0 spiro atoms. The number of hydrogen-bond acceptors (Lipinski definition) is 7. The van der Waals surface area contributed by atoms with Gasteiger partial charge in [0.15, 0.2) is 0 Å². The molecule has 314 valence electrons. The number of fused-ring (bicyclic) bond motifs is 1. The number of nitro groups is 1. The maximum absolute atomic E-state index is 13.7. The van der Waals surface area contributed by atoms with Crippen LogP contribution in [0.25, 0.3) is 0 Å². The van der Waals surface area contributed by atoms with Crippen molar-refractivity contribution in [3.8, 4) is 0 Å². The summed E-state index contributed by atoms with van der Waals surface area (Å²) >= 11 is 0. The summed E-state index contributed by atoms with van der Waals surface area (Å²) in [5.41, 5.74) is 3.24. The van der Waals surface area contributed by atoms with Gasteiger partial charge >= 0.3 is 5.97 Å². The zero-order valence-electron chi connectivity index (χ0n) is 37.3. The van der Waals surface area contributed by atoms with Gasteiger partial charge in [0.25, 0.3) is 5.69 Å². The van der Waals surface area contributed by atoms with Crippen LogP contribution in [0.1, 0.15) is 171 Å². The molecule has 0 bridgehead atoms. The topological polar surface area (TPSA) is 91.1 Å². The fourth-order valence-corrected chi connectivity index (χ4v) is 22.2. The van der Waals surface area contributed by atoms with Gasteiger partial charge < -0.3 is 13.6 Å². The van der Waals surface area contributed by atoms with Crippen LogP contribution >= 0.6 is 0 Å². The predicted octanol–water partition coefficient (Wildman–Crippen LogP) is 13.2. The molecule has 1 aromatic carbocycles.